The van der Waals surface area contributed by atoms with E-state index in [-0.39, 0.29) is 17.3 Å². The molecule has 2 N–H and O–H groups in total. The normalized spacial score (nSPS) is 16.6. The highest BCUT2D eigenvalue weighted by atomic mass is 35.5. The number of hydrogen-bond acceptors (Lipinski definition) is 3. The molecule has 1 heterocycles. The Labute approximate surface area is 148 Å². The Morgan fingerprint density at radius 3 is 2.46 bits per heavy atom. The van der Waals surface area contributed by atoms with Gasteiger partial charge in [0.25, 0.3) is 11.5 Å². The van der Waals surface area contributed by atoms with E-state index < -0.39 is 11.5 Å². The van der Waals surface area contributed by atoms with Crippen LogP contribution in [0.2, 0.25) is 10.0 Å². The number of nitrogens with one attached hydrogen (secondary N) is 2. The largest absolute Gasteiger partial charge is 0.325 e. The van der Waals surface area contributed by atoms with Crippen molar-refractivity contribution in [2.24, 2.45) is 5.92 Å². The number of carbonyl (C=O) groups excluding carboxylic acids is 2. The Morgan fingerprint density at radius 1 is 1.12 bits per heavy atom. The highest BCUT2D eigenvalue weighted by molar-refractivity contribution is 6.35. The Hall–Kier alpha value is -2.11. The fourth-order valence-electron chi connectivity index (χ4n) is 2.82. The average molecular weight is 365 g/mol. The first kappa shape index (κ1) is 16.7. The molecule has 0 saturated carbocycles. The molecule has 0 spiro atoms. The first-order valence-electron chi connectivity index (χ1n) is 7.40. The number of hydrogen-bond donors (Lipinski definition) is 2. The van der Waals surface area contributed by atoms with Gasteiger partial charge in [-0.05, 0) is 36.6 Å². The summed E-state index contributed by atoms with van der Waals surface area (Å²) >= 11 is 11.8. The molecule has 1 aliphatic rings. The van der Waals surface area contributed by atoms with Crippen molar-refractivity contribution < 1.29 is 9.59 Å². The summed E-state index contributed by atoms with van der Waals surface area (Å²) in [5.74, 6) is -0.516. The number of Topliss-reactive ketones (excluding diaryl/α,β-unsaturated/α-hetero) is 1. The summed E-state index contributed by atoms with van der Waals surface area (Å²) in [6.07, 6.45) is 1.02. The number of fused-ring (bicyclic) bond motifs is 1. The third-order valence-corrected chi connectivity index (χ3v) is 4.31. The van der Waals surface area contributed by atoms with Crippen molar-refractivity contribution >= 4 is 40.6 Å². The molecule has 0 fully saturated rings. The number of halogens is 2. The maximum atomic E-state index is 12.4. The first-order chi connectivity index (χ1) is 11.3. The molecular formula is C17H14Cl2N2O3. The Morgan fingerprint density at radius 2 is 1.79 bits per heavy atom. The average Bonchev–Trinajstić information content (AvgIpc) is 2.44. The van der Waals surface area contributed by atoms with E-state index in [0.29, 0.717) is 39.8 Å². The Kier molecular flexibility index (Phi) is 4.47. The lowest BCUT2D eigenvalue weighted by atomic mass is 9.86. The van der Waals surface area contributed by atoms with Crippen molar-refractivity contribution in [3.05, 3.63) is 61.5 Å². The molecule has 0 saturated heterocycles. The standard InChI is InChI=1S/C17H14Cl2N2O3/c1-8-2-14-12(15(22)3-8)7-13(17(24)21-14)16(23)20-11-5-9(18)4-10(19)6-11/h4-8H,2-3H2,1H3,(H,20,23)(H,21,24)/t8-/m0/s1. The summed E-state index contributed by atoms with van der Waals surface area (Å²) in [5.41, 5.74) is 0.719. The number of ketones is 1. The molecule has 1 amide bonds. The van der Waals surface area contributed by atoms with Gasteiger partial charge < -0.3 is 10.3 Å². The molecule has 0 aliphatic heterocycles. The summed E-state index contributed by atoms with van der Waals surface area (Å²) in [6.45, 7) is 1.95. The molecule has 1 aliphatic carbocycles. The summed E-state index contributed by atoms with van der Waals surface area (Å²) in [6, 6.07) is 5.93. The monoisotopic (exact) mass is 364 g/mol. The van der Waals surface area contributed by atoms with Crippen molar-refractivity contribution in [3.8, 4) is 0 Å². The molecule has 7 heteroatoms. The van der Waals surface area contributed by atoms with E-state index in [1.165, 1.54) is 24.3 Å². The molecular weight excluding hydrogens is 351 g/mol. The van der Waals surface area contributed by atoms with Crippen LogP contribution in [-0.2, 0) is 6.42 Å². The van der Waals surface area contributed by atoms with Crippen LogP contribution < -0.4 is 10.9 Å². The fraction of sp³-hybridized carbons (Fsp3) is 0.235. The highest BCUT2D eigenvalue weighted by Gasteiger charge is 2.25. The van der Waals surface area contributed by atoms with Crippen LogP contribution in [0.4, 0.5) is 5.69 Å². The number of anilines is 1. The van der Waals surface area contributed by atoms with Crippen LogP contribution >= 0.6 is 23.2 Å². The van der Waals surface area contributed by atoms with E-state index in [2.05, 4.69) is 10.3 Å². The second-order valence-corrected chi connectivity index (χ2v) is 6.83. The summed E-state index contributed by atoms with van der Waals surface area (Å²) in [4.78, 5) is 39.4. The van der Waals surface area contributed by atoms with E-state index in [0.717, 1.165) is 0 Å². The summed E-state index contributed by atoms with van der Waals surface area (Å²) in [5, 5.41) is 3.30. The van der Waals surface area contributed by atoms with E-state index in [1.807, 2.05) is 6.92 Å². The number of rotatable bonds is 2. The molecule has 2 aromatic rings. The van der Waals surface area contributed by atoms with Crippen molar-refractivity contribution in [1.29, 1.82) is 0 Å². The first-order valence-corrected chi connectivity index (χ1v) is 8.16. The number of aromatic nitrogens is 1. The molecule has 5 nitrogen and oxygen atoms in total. The van der Waals surface area contributed by atoms with Crippen molar-refractivity contribution in [1.82, 2.24) is 4.98 Å². The van der Waals surface area contributed by atoms with Crippen LogP contribution in [0.3, 0.4) is 0 Å². The van der Waals surface area contributed by atoms with Gasteiger partial charge in [0.15, 0.2) is 5.78 Å². The number of pyridine rings is 1. The smallest absolute Gasteiger partial charge is 0.261 e. The van der Waals surface area contributed by atoms with Crippen LogP contribution in [0.25, 0.3) is 0 Å². The van der Waals surface area contributed by atoms with E-state index >= 15 is 0 Å². The van der Waals surface area contributed by atoms with Crippen LogP contribution in [0.1, 0.15) is 39.8 Å². The molecule has 0 unspecified atom stereocenters. The van der Waals surface area contributed by atoms with Gasteiger partial charge in [0, 0.05) is 33.4 Å². The van der Waals surface area contributed by atoms with Gasteiger partial charge >= 0.3 is 0 Å². The lowest BCUT2D eigenvalue weighted by Crippen LogP contribution is -2.29. The second-order valence-electron chi connectivity index (χ2n) is 5.95. The highest BCUT2D eigenvalue weighted by Crippen LogP contribution is 2.25. The van der Waals surface area contributed by atoms with Gasteiger partial charge in [0.2, 0.25) is 0 Å². The molecule has 24 heavy (non-hydrogen) atoms. The molecule has 0 radical (unpaired) electrons. The zero-order valence-electron chi connectivity index (χ0n) is 12.8. The second kappa shape index (κ2) is 6.42. The predicted molar refractivity (Wildman–Crippen MR) is 93.3 cm³/mol. The van der Waals surface area contributed by atoms with Crippen LogP contribution in [0.15, 0.2) is 29.1 Å². The number of H-pyrrole nitrogens is 1. The quantitative estimate of drug-likeness (QED) is 0.852. The van der Waals surface area contributed by atoms with Crippen LogP contribution in [0.5, 0.6) is 0 Å². The Balaban J connectivity index is 1.94. The molecule has 0 bridgehead atoms. The lowest BCUT2D eigenvalue weighted by molar-refractivity contribution is 0.0952. The van der Waals surface area contributed by atoms with Gasteiger partial charge in [-0.15, -0.1) is 0 Å². The van der Waals surface area contributed by atoms with Gasteiger partial charge in [-0.25, -0.2) is 0 Å². The summed E-state index contributed by atoms with van der Waals surface area (Å²) < 4.78 is 0. The Bertz CT molecular complexity index is 885. The fourth-order valence-corrected chi connectivity index (χ4v) is 3.34. The zero-order valence-corrected chi connectivity index (χ0v) is 14.3. The van der Waals surface area contributed by atoms with Crippen molar-refractivity contribution in [3.63, 3.8) is 0 Å². The minimum Gasteiger partial charge on any atom is -0.325 e. The summed E-state index contributed by atoms with van der Waals surface area (Å²) in [7, 11) is 0. The molecule has 1 aromatic carbocycles. The van der Waals surface area contributed by atoms with E-state index in [4.69, 9.17) is 23.2 Å². The minimum absolute atomic E-state index is 0.0696. The SMILES string of the molecule is C[C@@H]1CC(=O)c2cc(C(=O)Nc3cc(Cl)cc(Cl)c3)c(=O)[nH]c2C1. The van der Waals surface area contributed by atoms with Gasteiger partial charge in [-0.3, -0.25) is 14.4 Å². The van der Waals surface area contributed by atoms with Gasteiger partial charge in [-0.1, -0.05) is 30.1 Å². The third-order valence-electron chi connectivity index (χ3n) is 3.87. The molecule has 3 rings (SSSR count). The number of benzene rings is 1. The number of amides is 1. The third kappa shape index (κ3) is 3.37. The van der Waals surface area contributed by atoms with Crippen LogP contribution in [-0.4, -0.2) is 16.7 Å². The maximum absolute atomic E-state index is 12.4. The molecule has 124 valence electrons. The number of carbonyl (C=O) groups is 2. The lowest BCUT2D eigenvalue weighted by Gasteiger charge is -2.20. The van der Waals surface area contributed by atoms with Gasteiger partial charge in [0.1, 0.15) is 5.56 Å². The zero-order chi connectivity index (χ0) is 17.4. The van der Waals surface area contributed by atoms with E-state index in [9.17, 15) is 14.4 Å². The topological polar surface area (TPSA) is 79.0 Å². The number of aromatic amines is 1. The van der Waals surface area contributed by atoms with Gasteiger partial charge in [0.05, 0.1) is 0 Å². The van der Waals surface area contributed by atoms with Crippen LogP contribution in [0, 0.1) is 5.92 Å². The van der Waals surface area contributed by atoms with E-state index in [1.54, 1.807) is 0 Å². The molecule has 1 aromatic heterocycles. The van der Waals surface area contributed by atoms with Crippen molar-refractivity contribution in [2.75, 3.05) is 5.32 Å². The maximum Gasteiger partial charge on any atom is 0.261 e. The van der Waals surface area contributed by atoms with Crippen molar-refractivity contribution in [2.45, 2.75) is 19.8 Å². The van der Waals surface area contributed by atoms with Gasteiger partial charge in [-0.2, -0.15) is 0 Å². The molecule has 1 atom stereocenters. The minimum atomic E-state index is -0.621. The predicted octanol–water partition coefficient (Wildman–Crippen LogP) is 3.70.